The minimum atomic E-state index is 0.113. The molecule has 1 saturated carbocycles. The molecule has 0 aliphatic heterocycles. The molecule has 35 heavy (non-hydrogen) atoms. The Morgan fingerprint density at radius 1 is 0.829 bits per heavy atom. The van der Waals surface area contributed by atoms with Gasteiger partial charge in [0.15, 0.2) is 6.20 Å². The van der Waals surface area contributed by atoms with Crippen molar-refractivity contribution in [2.45, 2.75) is 71.1 Å². The molecule has 0 bridgehead atoms. The van der Waals surface area contributed by atoms with Crippen molar-refractivity contribution in [2.75, 3.05) is 0 Å². The summed E-state index contributed by atoms with van der Waals surface area (Å²) in [4.78, 5) is 0. The van der Waals surface area contributed by atoms with E-state index in [-0.39, 0.29) is 5.41 Å². The second-order valence-electron chi connectivity index (χ2n) is 12.1. The summed E-state index contributed by atoms with van der Waals surface area (Å²) in [7, 11) is 2.21. The highest BCUT2D eigenvalue weighted by Gasteiger charge is 2.26. The number of aromatic nitrogens is 2. The first-order valence-electron chi connectivity index (χ1n) is 13.4. The minimum Gasteiger partial charge on any atom is -0.307 e. The molecule has 0 saturated heterocycles. The third-order valence-electron chi connectivity index (χ3n) is 8.80. The van der Waals surface area contributed by atoms with Crippen LogP contribution in [0.25, 0.3) is 49.0 Å². The van der Waals surface area contributed by atoms with E-state index in [0.717, 1.165) is 0 Å². The molecule has 2 nitrogen and oxygen atoms in total. The summed E-state index contributed by atoms with van der Waals surface area (Å²) in [6, 6.07) is 19.2. The molecular formula is C33H35N2+. The fourth-order valence-corrected chi connectivity index (χ4v) is 6.88. The normalized spacial score (nSPS) is 16.0. The summed E-state index contributed by atoms with van der Waals surface area (Å²) >= 11 is 0. The number of aryl methyl sites for hydroxylation is 2. The lowest BCUT2D eigenvalue weighted by atomic mass is 9.83. The maximum Gasteiger partial charge on any atom is 0.224 e. The fourth-order valence-electron chi connectivity index (χ4n) is 6.88. The van der Waals surface area contributed by atoms with Gasteiger partial charge in [-0.05, 0) is 65.3 Å². The molecule has 7 rings (SSSR count). The van der Waals surface area contributed by atoms with Gasteiger partial charge in [0.25, 0.3) is 0 Å². The average Bonchev–Trinajstić information content (AvgIpc) is 3.18. The maximum atomic E-state index is 2.61. The molecule has 1 aliphatic rings. The number of rotatable bonds is 1. The zero-order valence-corrected chi connectivity index (χ0v) is 21.7. The van der Waals surface area contributed by atoms with E-state index in [1.165, 1.54) is 97.8 Å². The number of benzene rings is 3. The van der Waals surface area contributed by atoms with E-state index < -0.39 is 0 Å². The predicted octanol–water partition coefficient (Wildman–Crippen LogP) is 8.47. The van der Waals surface area contributed by atoms with Crippen LogP contribution >= 0.6 is 0 Å². The van der Waals surface area contributed by atoms with Crippen molar-refractivity contribution in [1.29, 1.82) is 0 Å². The van der Waals surface area contributed by atoms with Gasteiger partial charge in [0, 0.05) is 16.8 Å². The maximum absolute atomic E-state index is 2.61. The monoisotopic (exact) mass is 459 g/mol. The molecule has 2 heteroatoms. The highest BCUT2D eigenvalue weighted by molar-refractivity contribution is 6.25. The van der Waals surface area contributed by atoms with Gasteiger partial charge < -0.3 is 4.40 Å². The number of pyridine rings is 2. The summed E-state index contributed by atoms with van der Waals surface area (Å²) in [6.45, 7) is 9.23. The summed E-state index contributed by atoms with van der Waals surface area (Å²) in [5.74, 6) is 0.683. The Morgan fingerprint density at radius 3 is 2.37 bits per heavy atom. The summed E-state index contributed by atoms with van der Waals surface area (Å²) < 4.78 is 4.96. The molecule has 0 N–H and O–H groups in total. The highest BCUT2D eigenvalue weighted by Crippen LogP contribution is 2.43. The van der Waals surface area contributed by atoms with Gasteiger partial charge in [0.2, 0.25) is 5.52 Å². The highest BCUT2D eigenvalue weighted by atomic mass is 15.0. The van der Waals surface area contributed by atoms with E-state index >= 15 is 0 Å². The van der Waals surface area contributed by atoms with Gasteiger partial charge in [-0.25, -0.2) is 4.57 Å². The topological polar surface area (TPSA) is 8.29 Å². The molecule has 3 aromatic heterocycles. The van der Waals surface area contributed by atoms with Crippen LogP contribution in [-0.2, 0) is 12.5 Å². The molecule has 6 aromatic rings. The van der Waals surface area contributed by atoms with Gasteiger partial charge in [-0.3, -0.25) is 0 Å². The SMILES string of the molecule is Cc1ccc2c3ccc(C(C)(C)C)cc3n3c4cc(C5CCCCC5)cc5cc[n+](C)c(c1c23)c54. The lowest BCUT2D eigenvalue weighted by Crippen LogP contribution is -2.29. The Labute approximate surface area is 207 Å². The molecule has 0 radical (unpaired) electrons. The van der Waals surface area contributed by atoms with Crippen molar-refractivity contribution < 1.29 is 4.57 Å². The second kappa shape index (κ2) is 7.20. The van der Waals surface area contributed by atoms with Gasteiger partial charge in [-0.1, -0.05) is 70.4 Å². The molecule has 0 atom stereocenters. The number of hydrogen-bond donors (Lipinski definition) is 0. The summed E-state index contributed by atoms with van der Waals surface area (Å²) in [5, 5.41) is 6.90. The molecule has 176 valence electrons. The van der Waals surface area contributed by atoms with Crippen molar-refractivity contribution in [2.24, 2.45) is 7.05 Å². The zero-order valence-electron chi connectivity index (χ0n) is 21.7. The standard InChI is InChI=1S/C33H35N2/c1-20-11-13-26-25-14-12-24(33(2,3)4)19-27(25)35-28-18-23(21-9-7-6-8-10-21)17-22-15-16-34(5)32(30(22)28)29(20)31(26)35/h11-19,21H,6-10H2,1-5H3/q+1. The third-order valence-corrected chi connectivity index (χ3v) is 8.80. The second-order valence-corrected chi connectivity index (χ2v) is 12.1. The van der Waals surface area contributed by atoms with Crippen molar-refractivity contribution in [3.8, 4) is 0 Å². The largest absolute Gasteiger partial charge is 0.307 e. The van der Waals surface area contributed by atoms with E-state index in [1.54, 1.807) is 0 Å². The van der Waals surface area contributed by atoms with E-state index in [2.05, 4.69) is 98.4 Å². The van der Waals surface area contributed by atoms with Gasteiger partial charge >= 0.3 is 0 Å². The lowest BCUT2D eigenvalue weighted by molar-refractivity contribution is -0.643. The van der Waals surface area contributed by atoms with Crippen molar-refractivity contribution >= 4 is 49.0 Å². The number of fused-ring (bicyclic) bond motifs is 5. The fraction of sp³-hybridized carbons (Fsp3) is 0.364. The first-order valence-corrected chi connectivity index (χ1v) is 13.4. The van der Waals surface area contributed by atoms with Crippen LogP contribution in [0.3, 0.4) is 0 Å². The lowest BCUT2D eigenvalue weighted by Gasteiger charge is -2.23. The van der Waals surface area contributed by atoms with E-state index in [0.29, 0.717) is 5.92 Å². The zero-order chi connectivity index (χ0) is 24.1. The molecule has 0 spiro atoms. The Morgan fingerprint density at radius 2 is 1.60 bits per heavy atom. The van der Waals surface area contributed by atoms with E-state index in [4.69, 9.17) is 0 Å². The van der Waals surface area contributed by atoms with Crippen LogP contribution in [0.1, 0.15) is 75.5 Å². The Hall–Kier alpha value is -3.13. The van der Waals surface area contributed by atoms with Gasteiger partial charge in [-0.2, -0.15) is 0 Å². The average molecular weight is 460 g/mol. The van der Waals surface area contributed by atoms with Gasteiger partial charge in [0.1, 0.15) is 7.05 Å². The predicted molar refractivity (Wildman–Crippen MR) is 149 cm³/mol. The Balaban J connectivity index is 1.75. The Bertz CT molecular complexity index is 1770. The van der Waals surface area contributed by atoms with E-state index in [9.17, 15) is 0 Å². The van der Waals surface area contributed by atoms with Crippen molar-refractivity contribution in [3.05, 3.63) is 71.4 Å². The molecule has 0 amide bonds. The Kier molecular flexibility index (Phi) is 4.35. The minimum absolute atomic E-state index is 0.113. The van der Waals surface area contributed by atoms with Crippen LogP contribution in [0.5, 0.6) is 0 Å². The van der Waals surface area contributed by atoms with Crippen LogP contribution in [0.2, 0.25) is 0 Å². The van der Waals surface area contributed by atoms with Crippen LogP contribution in [0.4, 0.5) is 0 Å². The molecule has 0 unspecified atom stereocenters. The molecule has 3 heterocycles. The number of nitrogens with zero attached hydrogens (tertiary/aromatic N) is 2. The molecule has 1 aliphatic carbocycles. The van der Waals surface area contributed by atoms with Crippen molar-refractivity contribution in [1.82, 2.24) is 4.40 Å². The smallest absolute Gasteiger partial charge is 0.224 e. The van der Waals surface area contributed by atoms with Gasteiger partial charge in [-0.15, -0.1) is 0 Å². The molecular weight excluding hydrogens is 424 g/mol. The van der Waals surface area contributed by atoms with E-state index in [1.807, 2.05) is 0 Å². The molecule has 3 aromatic carbocycles. The summed E-state index contributed by atoms with van der Waals surface area (Å²) in [5.41, 5.74) is 9.85. The van der Waals surface area contributed by atoms with Crippen LogP contribution in [0, 0.1) is 6.92 Å². The quantitative estimate of drug-likeness (QED) is 0.132. The van der Waals surface area contributed by atoms with Crippen molar-refractivity contribution in [3.63, 3.8) is 0 Å². The first kappa shape index (κ1) is 21.2. The van der Waals surface area contributed by atoms with Crippen LogP contribution < -0.4 is 4.57 Å². The first-order chi connectivity index (χ1) is 16.8. The number of hydrogen-bond acceptors (Lipinski definition) is 0. The van der Waals surface area contributed by atoms with Crippen LogP contribution in [0.15, 0.2) is 54.7 Å². The summed E-state index contributed by atoms with van der Waals surface area (Å²) in [6.07, 6.45) is 9.03. The van der Waals surface area contributed by atoms with Crippen LogP contribution in [-0.4, -0.2) is 4.40 Å². The van der Waals surface area contributed by atoms with Gasteiger partial charge in [0.05, 0.1) is 27.3 Å². The molecule has 1 fully saturated rings. The third kappa shape index (κ3) is 2.92.